The van der Waals surface area contributed by atoms with E-state index in [2.05, 4.69) is 0 Å². The van der Waals surface area contributed by atoms with Gasteiger partial charge in [-0.05, 0) is 18.6 Å². The Morgan fingerprint density at radius 1 is 1.06 bits per heavy atom. The summed E-state index contributed by atoms with van der Waals surface area (Å²) in [5, 5.41) is 0.841. The van der Waals surface area contributed by atoms with Gasteiger partial charge in [-0.1, -0.05) is 32.9 Å². The molecule has 0 aromatic heterocycles. The van der Waals surface area contributed by atoms with Crippen LogP contribution >= 0.6 is 0 Å². The van der Waals surface area contributed by atoms with Gasteiger partial charge in [0.1, 0.15) is 0 Å². The molecule has 2 amide bonds. The Labute approximate surface area is 101 Å². The molecule has 1 heterocycles. The fourth-order valence-corrected chi connectivity index (χ4v) is 1.47. The van der Waals surface area contributed by atoms with Gasteiger partial charge in [0.05, 0.1) is 17.7 Å². The topological polar surface area (TPSA) is 46.6 Å². The molecule has 0 saturated heterocycles. The predicted molar refractivity (Wildman–Crippen MR) is 64.5 cm³/mol. The van der Waals surface area contributed by atoms with E-state index in [0.29, 0.717) is 17.7 Å². The molecule has 0 unspecified atom stereocenters. The van der Waals surface area contributed by atoms with Crippen molar-refractivity contribution in [3.63, 3.8) is 0 Å². The van der Waals surface area contributed by atoms with Crippen molar-refractivity contribution in [2.75, 3.05) is 6.61 Å². The van der Waals surface area contributed by atoms with Crippen LogP contribution in [0.3, 0.4) is 0 Å². The van der Waals surface area contributed by atoms with E-state index < -0.39 is 0 Å². The monoisotopic (exact) mass is 235 g/mol. The van der Waals surface area contributed by atoms with Crippen molar-refractivity contribution in [3.8, 4) is 0 Å². The molecule has 4 nitrogen and oxygen atoms in total. The lowest BCUT2D eigenvalue weighted by molar-refractivity contribution is -0.0909. The number of nitrogens with zero attached hydrogens (tertiary/aromatic N) is 1. The minimum absolute atomic E-state index is 0.367. The molecule has 2 rings (SSSR count). The van der Waals surface area contributed by atoms with E-state index in [-0.39, 0.29) is 11.8 Å². The molecule has 1 aromatic carbocycles. The average Bonchev–Trinajstić information content (AvgIpc) is 2.63. The number of rotatable bonds is 3. The van der Waals surface area contributed by atoms with Crippen molar-refractivity contribution < 1.29 is 14.4 Å². The van der Waals surface area contributed by atoms with Gasteiger partial charge in [-0.15, -0.1) is 5.06 Å². The largest absolute Gasteiger partial charge is 0.285 e. The summed E-state index contributed by atoms with van der Waals surface area (Å²) in [6.45, 7) is 6.28. The van der Waals surface area contributed by atoms with E-state index in [1.807, 2.05) is 20.8 Å². The van der Waals surface area contributed by atoms with Crippen molar-refractivity contribution in [1.82, 2.24) is 5.06 Å². The van der Waals surface area contributed by atoms with Crippen LogP contribution in [0, 0.1) is 0 Å². The second-order valence-corrected chi connectivity index (χ2v) is 3.28. The van der Waals surface area contributed by atoms with Crippen LogP contribution in [0.2, 0.25) is 0 Å². The van der Waals surface area contributed by atoms with Crippen LogP contribution in [0.4, 0.5) is 0 Å². The molecule has 1 aliphatic rings. The highest BCUT2D eigenvalue weighted by Crippen LogP contribution is 2.22. The molecular formula is C13H17NO3. The van der Waals surface area contributed by atoms with E-state index in [0.717, 1.165) is 11.5 Å². The normalized spacial score (nSPS) is 13.2. The predicted octanol–water partition coefficient (Wildman–Crippen LogP) is 2.65. The minimum atomic E-state index is -0.371. The summed E-state index contributed by atoms with van der Waals surface area (Å²) in [6.07, 6.45) is 0.757. The van der Waals surface area contributed by atoms with Crippen LogP contribution in [0.15, 0.2) is 24.3 Å². The van der Waals surface area contributed by atoms with Gasteiger partial charge in [-0.3, -0.25) is 14.4 Å². The summed E-state index contributed by atoms with van der Waals surface area (Å²) in [5.41, 5.74) is 0.831. The lowest BCUT2D eigenvalue weighted by Crippen LogP contribution is -2.30. The zero-order valence-corrected chi connectivity index (χ0v) is 10.4. The lowest BCUT2D eigenvalue weighted by Gasteiger charge is -2.11. The van der Waals surface area contributed by atoms with E-state index in [1.165, 1.54) is 0 Å². The molecule has 1 aliphatic heterocycles. The van der Waals surface area contributed by atoms with E-state index >= 15 is 0 Å². The van der Waals surface area contributed by atoms with Crippen LogP contribution in [0.25, 0.3) is 0 Å². The average molecular weight is 235 g/mol. The van der Waals surface area contributed by atoms with Crippen molar-refractivity contribution in [3.05, 3.63) is 35.4 Å². The third-order valence-corrected chi connectivity index (χ3v) is 2.18. The standard InChI is InChI=1S/C11H11NO3.C2H6/c1-2-7-15-12-10(13)8-5-3-4-6-9(8)11(12)14;1-2/h3-6H,2,7H2,1H3;1-2H3. The fourth-order valence-electron chi connectivity index (χ4n) is 1.47. The third-order valence-electron chi connectivity index (χ3n) is 2.18. The first kappa shape index (κ1) is 13.4. The highest BCUT2D eigenvalue weighted by atomic mass is 16.7. The van der Waals surface area contributed by atoms with Gasteiger partial charge in [-0.25, -0.2) is 0 Å². The van der Waals surface area contributed by atoms with Crippen LogP contribution in [0.5, 0.6) is 0 Å². The van der Waals surface area contributed by atoms with E-state index in [9.17, 15) is 9.59 Å². The number of fused-ring (bicyclic) bond motifs is 1. The summed E-state index contributed by atoms with van der Waals surface area (Å²) in [7, 11) is 0. The highest BCUT2D eigenvalue weighted by molar-refractivity contribution is 6.20. The number of carbonyl (C=O) groups excluding carboxylic acids is 2. The number of hydrogen-bond acceptors (Lipinski definition) is 3. The minimum Gasteiger partial charge on any atom is -0.266 e. The van der Waals surface area contributed by atoms with Gasteiger partial charge < -0.3 is 0 Å². The van der Waals surface area contributed by atoms with Gasteiger partial charge in [0.15, 0.2) is 0 Å². The summed E-state index contributed by atoms with van der Waals surface area (Å²) in [5.74, 6) is -0.742. The molecule has 0 fully saturated rings. The Bertz CT molecular complexity index is 380. The molecule has 92 valence electrons. The maximum atomic E-state index is 11.7. The Hall–Kier alpha value is -1.68. The number of carbonyl (C=O) groups is 2. The number of amides is 2. The first-order valence-electron chi connectivity index (χ1n) is 5.86. The molecule has 0 N–H and O–H groups in total. The molecule has 4 heteroatoms. The summed E-state index contributed by atoms with van der Waals surface area (Å²) < 4.78 is 0. The summed E-state index contributed by atoms with van der Waals surface area (Å²) in [4.78, 5) is 28.5. The Morgan fingerprint density at radius 3 is 1.94 bits per heavy atom. The van der Waals surface area contributed by atoms with Crippen molar-refractivity contribution >= 4 is 11.8 Å². The number of benzene rings is 1. The van der Waals surface area contributed by atoms with Crippen LogP contribution in [-0.4, -0.2) is 23.5 Å². The van der Waals surface area contributed by atoms with Crippen LogP contribution < -0.4 is 0 Å². The van der Waals surface area contributed by atoms with Gasteiger partial charge in [0.25, 0.3) is 11.8 Å². The van der Waals surface area contributed by atoms with Gasteiger partial charge in [0, 0.05) is 0 Å². The number of hydroxylamine groups is 2. The number of imide groups is 1. The van der Waals surface area contributed by atoms with Crippen molar-refractivity contribution in [1.29, 1.82) is 0 Å². The molecule has 0 saturated carbocycles. The molecule has 1 aromatic rings. The maximum absolute atomic E-state index is 11.7. The maximum Gasteiger partial charge on any atom is 0.285 e. The molecule has 17 heavy (non-hydrogen) atoms. The third kappa shape index (κ3) is 2.53. The Balaban J connectivity index is 0.000000686. The smallest absolute Gasteiger partial charge is 0.266 e. The fraction of sp³-hybridized carbons (Fsp3) is 0.385. The van der Waals surface area contributed by atoms with Gasteiger partial charge >= 0.3 is 0 Å². The molecule has 0 aliphatic carbocycles. The van der Waals surface area contributed by atoms with Crippen molar-refractivity contribution in [2.45, 2.75) is 27.2 Å². The SMILES string of the molecule is CC.CCCON1C(=O)c2ccccc2C1=O. The molecule has 0 bridgehead atoms. The quantitative estimate of drug-likeness (QED) is 0.757. The molecular weight excluding hydrogens is 218 g/mol. The summed E-state index contributed by atoms with van der Waals surface area (Å²) in [6, 6.07) is 6.72. The van der Waals surface area contributed by atoms with E-state index in [4.69, 9.17) is 4.84 Å². The van der Waals surface area contributed by atoms with Crippen LogP contribution in [0.1, 0.15) is 47.9 Å². The van der Waals surface area contributed by atoms with Gasteiger partial charge in [0.2, 0.25) is 0 Å². The van der Waals surface area contributed by atoms with Gasteiger partial charge in [-0.2, -0.15) is 0 Å². The second-order valence-electron chi connectivity index (χ2n) is 3.28. The molecule has 0 atom stereocenters. The van der Waals surface area contributed by atoms with Crippen LogP contribution in [-0.2, 0) is 4.84 Å². The Kier molecular flexibility index (Phi) is 4.84. The van der Waals surface area contributed by atoms with E-state index in [1.54, 1.807) is 24.3 Å². The first-order valence-corrected chi connectivity index (χ1v) is 5.86. The zero-order chi connectivity index (χ0) is 12.8. The second kappa shape index (κ2) is 6.15. The zero-order valence-electron chi connectivity index (χ0n) is 10.4. The highest BCUT2D eigenvalue weighted by Gasteiger charge is 2.36. The first-order chi connectivity index (χ1) is 8.25. The molecule has 0 spiro atoms. The number of hydrogen-bond donors (Lipinski definition) is 0. The van der Waals surface area contributed by atoms with Crippen molar-refractivity contribution in [2.24, 2.45) is 0 Å². The summed E-state index contributed by atoms with van der Waals surface area (Å²) >= 11 is 0. The Morgan fingerprint density at radius 2 is 1.53 bits per heavy atom. The molecule has 0 radical (unpaired) electrons. The lowest BCUT2D eigenvalue weighted by atomic mass is 10.1.